The Morgan fingerprint density at radius 2 is 2.40 bits per heavy atom. The monoisotopic (exact) mass is 144 g/mol. The Morgan fingerprint density at radius 3 is 3.00 bits per heavy atom. The lowest BCUT2D eigenvalue weighted by Gasteiger charge is -2.14. The summed E-state index contributed by atoms with van der Waals surface area (Å²) < 4.78 is 10.5. The van der Waals surface area contributed by atoms with E-state index in [1.807, 2.05) is 0 Å². The molecule has 0 aromatic heterocycles. The molecule has 10 heavy (non-hydrogen) atoms. The lowest BCUT2D eigenvalue weighted by Crippen LogP contribution is -2.20. The van der Waals surface area contributed by atoms with E-state index in [2.05, 4.69) is 6.92 Å². The zero-order valence-electron chi connectivity index (χ0n) is 6.80. The molecule has 2 nitrogen and oxygen atoms in total. The summed E-state index contributed by atoms with van der Waals surface area (Å²) in [4.78, 5) is 0. The fourth-order valence-corrected chi connectivity index (χ4v) is 1.51. The molecule has 1 aliphatic rings. The Morgan fingerprint density at radius 1 is 1.60 bits per heavy atom. The van der Waals surface area contributed by atoms with Crippen LogP contribution < -0.4 is 0 Å². The predicted octanol–water partition coefficient (Wildman–Crippen LogP) is 1.45. The van der Waals surface area contributed by atoms with E-state index in [1.165, 1.54) is 12.8 Å². The normalized spacial score (nSPS) is 33.0. The Hall–Kier alpha value is -0.0800. The van der Waals surface area contributed by atoms with Gasteiger partial charge in [0.25, 0.3) is 0 Å². The number of methoxy groups -OCH3 is 1. The van der Waals surface area contributed by atoms with Gasteiger partial charge in [0, 0.05) is 13.7 Å². The number of ether oxygens (including phenoxy) is 2. The molecule has 60 valence electrons. The van der Waals surface area contributed by atoms with Gasteiger partial charge in [0.05, 0.1) is 12.7 Å². The van der Waals surface area contributed by atoms with E-state index < -0.39 is 0 Å². The maximum Gasteiger partial charge on any atom is 0.0837 e. The molecule has 0 bridgehead atoms. The van der Waals surface area contributed by atoms with Crippen molar-refractivity contribution in [1.82, 2.24) is 0 Å². The first-order valence-electron chi connectivity index (χ1n) is 3.99. The second-order valence-electron chi connectivity index (χ2n) is 2.82. The van der Waals surface area contributed by atoms with Crippen LogP contribution in [0.15, 0.2) is 0 Å². The lowest BCUT2D eigenvalue weighted by molar-refractivity contribution is 0.0199. The Bertz CT molecular complexity index is 93.3. The molecule has 2 heteroatoms. The van der Waals surface area contributed by atoms with Gasteiger partial charge in [-0.25, -0.2) is 0 Å². The van der Waals surface area contributed by atoms with Gasteiger partial charge in [-0.05, 0) is 12.3 Å². The average Bonchev–Trinajstić information content (AvgIpc) is 2.36. The van der Waals surface area contributed by atoms with E-state index in [-0.39, 0.29) is 0 Å². The minimum Gasteiger partial charge on any atom is -0.382 e. The standard InChI is InChI=1S/C8H16O2/c1-3-7-4-5-10-8(7)6-9-2/h7-8H,3-6H2,1-2H3/t7-,8+/m1/s1. The van der Waals surface area contributed by atoms with E-state index in [0.717, 1.165) is 19.1 Å². The Labute approximate surface area is 62.5 Å². The fourth-order valence-electron chi connectivity index (χ4n) is 1.51. The van der Waals surface area contributed by atoms with Crippen molar-refractivity contribution in [1.29, 1.82) is 0 Å². The van der Waals surface area contributed by atoms with Crippen molar-refractivity contribution in [2.45, 2.75) is 25.9 Å². The van der Waals surface area contributed by atoms with Crippen molar-refractivity contribution < 1.29 is 9.47 Å². The van der Waals surface area contributed by atoms with Crippen LogP contribution in [0.3, 0.4) is 0 Å². The van der Waals surface area contributed by atoms with Crippen LogP contribution in [0, 0.1) is 5.92 Å². The van der Waals surface area contributed by atoms with Gasteiger partial charge < -0.3 is 9.47 Å². The molecule has 0 unspecified atom stereocenters. The van der Waals surface area contributed by atoms with Crippen molar-refractivity contribution in [2.75, 3.05) is 20.3 Å². The van der Waals surface area contributed by atoms with Crippen molar-refractivity contribution >= 4 is 0 Å². The smallest absolute Gasteiger partial charge is 0.0837 e. The molecule has 1 aliphatic heterocycles. The molecule has 1 rings (SSSR count). The van der Waals surface area contributed by atoms with Crippen LogP contribution in [-0.4, -0.2) is 26.4 Å². The summed E-state index contributed by atoms with van der Waals surface area (Å²) in [6, 6.07) is 0. The highest BCUT2D eigenvalue weighted by atomic mass is 16.5. The molecule has 0 aromatic carbocycles. The summed E-state index contributed by atoms with van der Waals surface area (Å²) in [5.74, 6) is 0.736. The van der Waals surface area contributed by atoms with Gasteiger partial charge in [0.15, 0.2) is 0 Å². The Kier molecular flexibility index (Phi) is 3.16. The van der Waals surface area contributed by atoms with Gasteiger partial charge in [0.1, 0.15) is 0 Å². The van der Waals surface area contributed by atoms with Gasteiger partial charge in [0.2, 0.25) is 0 Å². The van der Waals surface area contributed by atoms with Gasteiger partial charge in [-0.1, -0.05) is 13.3 Å². The minimum atomic E-state index is 0.370. The van der Waals surface area contributed by atoms with Gasteiger partial charge in [-0.2, -0.15) is 0 Å². The Balaban J connectivity index is 2.27. The molecular formula is C8H16O2. The predicted molar refractivity (Wildman–Crippen MR) is 40.0 cm³/mol. The first kappa shape index (κ1) is 8.02. The van der Waals surface area contributed by atoms with E-state index in [4.69, 9.17) is 9.47 Å². The third-order valence-corrected chi connectivity index (χ3v) is 2.20. The second-order valence-corrected chi connectivity index (χ2v) is 2.82. The van der Waals surface area contributed by atoms with Crippen molar-refractivity contribution in [3.63, 3.8) is 0 Å². The summed E-state index contributed by atoms with van der Waals surface area (Å²) in [5.41, 5.74) is 0. The highest BCUT2D eigenvalue weighted by Gasteiger charge is 2.25. The van der Waals surface area contributed by atoms with E-state index in [9.17, 15) is 0 Å². The van der Waals surface area contributed by atoms with Crippen LogP contribution in [0.5, 0.6) is 0 Å². The first-order valence-corrected chi connectivity index (χ1v) is 3.99. The highest BCUT2D eigenvalue weighted by Crippen LogP contribution is 2.23. The zero-order chi connectivity index (χ0) is 7.40. The van der Waals surface area contributed by atoms with Gasteiger partial charge in [-0.15, -0.1) is 0 Å². The number of hydrogen-bond donors (Lipinski definition) is 0. The van der Waals surface area contributed by atoms with Gasteiger partial charge >= 0.3 is 0 Å². The van der Waals surface area contributed by atoms with Crippen molar-refractivity contribution in [3.05, 3.63) is 0 Å². The molecular weight excluding hydrogens is 128 g/mol. The van der Waals surface area contributed by atoms with E-state index in [0.29, 0.717) is 6.10 Å². The molecule has 0 aliphatic carbocycles. The quantitative estimate of drug-likeness (QED) is 0.597. The largest absolute Gasteiger partial charge is 0.382 e. The number of hydrogen-bond acceptors (Lipinski definition) is 2. The first-order chi connectivity index (χ1) is 4.88. The molecule has 0 amide bonds. The number of rotatable bonds is 3. The SMILES string of the molecule is CC[C@@H]1CCO[C@H]1COC. The third-order valence-electron chi connectivity index (χ3n) is 2.20. The molecule has 1 saturated heterocycles. The van der Waals surface area contributed by atoms with Crippen LogP contribution in [0.1, 0.15) is 19.8 Å². The van der Waals surface area contributed by atoms with E-state index >= 15 is 0 Å². The van der Waals surface area contributed by atoms with Crippen LogP contribution in [-0.2, 0) is 9.47 Å². The van der Waals surface area contributed by atoms with Crippen LogP contribution >= 0.6 is 0 Å². The minimum absolute atomic E-state index is 0.370. The molecule has 0 N–H and O–H groups in total. The summed E-state index contributed by atoms with van der Waals surface area (Å²) >= 11 is 0. The topological polar surface area (TPSA) is 18.5 Å². The highest BCUT2D eigenvalue weighted by molar-refractivity contribution is 4.74. The van der Waals surface area contributed by atoms with E-state index in [1.54, 1.807) is 7.11 Å². The maximum atomic E-state index is 5.47. The third kappa shape index (κ3) is 1.70. The maximum absolute atomic E-state index is 5.47. The van der Waals surface area contributed by atoms with Crippen molar-refractivity contribution in [2.24, 2.45) is 5.92 Å². The lowest BCUT2D eigenvalue weighted by atomic mass is 9.99. The zero-order valence-corrected chi connectivity index (χ0v) is 6.80. The summed E-state index contributed by atoms with van der Waals surface area (Å²) in [6.07, 6.45) is 2.80. The summed E-state index contributed by atoms with van der Waals surface area (Å²) in [5, 5.41) is 0. The fraction of sp³-hybridized carbons (Fsp3) is 1.00. The molecule has 0 saturated carbocycles. The molecule has 0 aromatic rings. The molecule has 0 radical (unpaired) electrons. The molecule has 2 atom stereocenters. The van der Waals surface area contributed by atoms with Crippen LogP contribution in [0.25, 0.3) is 0 Å². The average molecular weight is 144 g/mol. The van der Waals surface area contributed by atoms with Crippen LogP contribution in [0.2, 0.25) is 0 Å². The van der Waals surface area contributed by atoms with Crippen molar-refractivity contribution in [3.8, 4) is 0 Å². The molecule has 1 heterocycles. The molecule has 1 fully saturated rings. The van der Waals surface area contributed by atoms with Gasteiger partial charge in [-0.3, -0.25) is 0 Å². The summed E-state index contributed by atoms with van der Waals surface area (Å²) in [6.45, 7) is 3.90. The second kappa shape index (κ2) is 3.94. The van der Waals surface area contributed by atoms with Crippen LogP contribution in [0.4, 0.5) is 0 Å². The summed E-state index contributed by atoms with van der Waals surface area (Å²) in [7, 11) is 1.73. The molecule has 0 spiro atoms.